The van der Waals surface area contributed by atoms with Crippen LogP contribution in [0.25, 0.3) is 0 Å². The number of sulfonamides is 1. The molecular weight excluding hydrogens is 426 g/mol. The van der Waals surface area contributed by atoms with Crippen LogP contribution in [0.5, 0.6) is 0 Å². The highest BCUT2D eigenvalue weighted by Gasteiger charge is 2.22. The van der Waals surface area contributed by atoms with E-state index >= 15 is 0 Å². The van der Waals surface area contributed by atoms with Crippen molar-refractivity contribution >= 4 is 38.1 Å². The zero-order valence-corrected chi connectivity index (χ0v) is 17.7. The van der Waals surface area contributed by atoms with Crippen LogP contribution in [0.2, 0.25) is 0 Å². The van der Waals surface area contributed by atoms with Crippen LogP contribution in [-0.2, 0) is 27.7 Å². The quantitative estimate of drug-likeness (QED) is 0.600. The van der Waals surface area contributed by atoms with Crippen molar-refractivity contribution in [3.8, 4) is 0 Å². The third-order valence-electron chi connectivity index (χ3n) is 4.81. The van der Waals surface area contributed by atoms with Crippen LogP contribution in [-0.4, -0.2) is 29.1 Å². The number of amides is 1. The Morgan fingerprint density at radius 2 is 2.00 bits per heavy atom. The molecular formula is C19H19N5O4S2. The zero-order valence-electron chi connectivity index (χ0n) is 16.0. The van der Waals surface area contributed by atoms with Crippen molar-refractivity contribution < 1.29 is 13.2 Å². The minimum Gasteiger partial charge on any atom is -0.324 e. The highest BCUT2D eigenvalue weighted by molar-refractivity contribution is 7.93. The van der Waals surface area contributed by atoms with Gasteiger partial charge in [0.15, 0.2) is 5.13 Å². The topological polar surface area (TPSA) is 123 Å². The van der Waals surface area contributed by atoms with Crippen LogP contribution in [0.1, 0.15) is 30.6 Å². The first-order valence-electron chi connectivity index (χ1n) is 9.28. The fraction of sp³-hybridized carbons (Fsp3) is 0.263. The standard InChI is InChI=1S/C19H19N5O4S2/c1-12(24-17(25)11-13-3-2-4-16(13)22-24)18(26)21-14-5-7-15(8-6-14)30(27,28)23-19-20-9-10-29-19/h5-12H,2-4H2,1H3,(H,20,23)(H,21,26). The van der Waals surface area contributed by atoms with Crippen LogP contribution >= 0.6 is 11.3 Å². The molecule has 0 fully saturated rings. The number of fused-ring (bicyclic) bond motifs is 1. The number of carbonyl (C=O) groups is 1. The lowest BCUT2D eigenvalue weighted by molar-refractivity contribution is -0.119. The molecule has 2 aromatic heterocycles. The number of carbonyl (C=O) groups excluding carboxylic acids is 1. The van der Waals surface area contributed by atoms with Gasteiger partial charge in [0, 0.05) is 23.3 Å². The van der Waals surface area contributed by atoms with Crippen LogP contribution in [0.15, 0.2) is 51.6 Å². The van der Waals surface area contributed by atoms with E-state index in [0.717, 1.165) is 30.5 Å². The molecule has 0 radical (unpaired) electrons. The number of benzene rings is 1. The molecule has 0 aliphatic heterocycles. The first-order valence-corrected chi connectivity index (χ1v) is 11.6. The number of thiazole rings is 1. The monoisotopic (exact) mass is 445 g/mol. The smallest absolute Gasteiger partial charge is 0.267 e. The Kier molecular flexibility index (Phi) is 5.39. The molecule has 9 nitrogen and oxygen atoms in total. The summed E-state index contributed by atoms with van der Waals surface area (Å²) in [5.41, 5.74) is 1.91. The lowest BCUT2D eigenvalue weighted by Gasteiger charge is -2.15. The van der Waals surface area contributed by atoms with Gasteiger partial charge in [-0.3, -0.25) is 14.3 Å². The van der Waals surface area contributed by atoms with Crippen molar-refractivity contribution in [1.29, 1.82) is 0 Å². The second-order valence-electron chi connectivity index (χ2n) is 6.88. The highest BCUT2D eigenvalue weighted by Crippen LogP contribution is 2.21. The van der Waals surface area contributed by atoms with Crippen molar-refractivity contribution in [1.82, 2.24) is 14.8 Å². The summed E-state index contributed by atoms with van der Waals surface area (Å²) in [7, 11) is -3.77. The Bertz CT molecular complexity index is 1230. The third-order valence-corrected chi connectivity index (χ3v) is 6.99. The van der Waals surface area contributed by atoms with Crippen molar-refractivity contribution in [2.24, 2.45) is 0 Å². The molecule has 2 N–H and O–H groups in total. The van der Waals surface area contributed by atoms with Crippen molar-refractivity contribution in [3.63, 3.8) is 0 Å². The molecule has 0 saturated carbocycles. The van der Waals surface area contributed by atoms with Gasteiger partial charge in [0.2, 0.25) is 5.91 Å². The van der Waals surface area contributed by atoms with Crippen LogP contribution in [0, 0.1) is 0 Å². The number of anilines is 2. The average Bonchev–Trinajstić information content (AvgIpc) is 3.38. The zero-order chi connectivity index (χ0) is 21.3. The summed E-state index contributed by atoms with van der Waals surface area (Å²) in [4.78, 5) is 28.9. The van der Waals surface area contributed by atoms with Crippen LogP contribution in [0.3, 0.4) is 0 Å². The van der Waals surface area contributed by atoms with Crippen molar-refractivity contribution in [2.75, 3.05) is 10.0 Å². The first kappa shape index (κ1) is 20.2. The molecule has 2 heterocycles. The van der Waals surface area contributed by atoms with Gasteiger partial charge in [-0.2, -0.15) is 5.10 Å². The molecule has 1 unspecified atom stereocenters. The Balaban J connectivity index is 1.47. The molecule has 0 bridgehead atoms. The Morgan fingerprint density at radius 1 is 1.23 bits per heavy atom. The first-order chi connectivity index (χ1) is 14.3. The van der Waals surface area contributed by atoms with E-state index in [-0.39, 0.29) is 15.6 Å². The van der Waals surface area contributed by atoms with Gasteiger partial charge in [0.25, 0.3) is 15.6 Å². The SMILES string of the molecule is CC(C(=O)Nc1ccc(S(=O)(=O)Nc2nccs2)cc1)n1nc2c(cc1=O)CCC2. The normalized spacial score (nSPS) is 14.2. The molecule has 1 aliphatic rings. The largest absolute Gasteiger partial charge is 0.324 e. The highest BCUT2D eigenvalue weighted by atomic mass is 32.2. The predicted octanol–water partition coefficient (Wildman–Crippen LogP) is 2.19. The van der Waals surface area contributed by atoms with Gasteiger partial charge in [0.1, 0.15) is 6.04 Å². The summed E-state index contributed by atoms with van der Waals surface area (Å²) in [6, 6.07) is 6.48. The van der Waals surface area contributed by atoms with Gasteiger partial charge in [0.05, 0.1) is 10.6 Å². The molecule has 1 aromatic carbocycles. The molecule has 30 heavy (non-hydrogen) atoms. The number of nitrogens with one attached hydrogen (secondary N) is 2. The number of nitrogens with zero attached hydrogens (tertiary/aromatic N) is 3. The molecule has 3 aromatic rings. The maximum Gasteiger partial charge on any atom is 0.267 e. The van der Waals surface area contributed by atoms with Gasteiger partial charge < -0.3 is 5.32 Å². The second kappa shape index (κ2) is 8.00. The lowest BCUT2D eigenvalue weighted by Crippen LogP contribution is -2.34. The van der Waals surface area contributed by atoms with E-state index in [4.69, 9.17) is 0 Å². The summed E-state index contributed by atoms with van der Waals surface area (Å²) >= 11 is 1.17. The third kappa shape index (κ3) is 4.12. The molecule has 1 amide bonds. The molecule has 156 valence electrons. The number of rotatable bonds is 6. The molecule has 0 saturated heterocycles. The van der Waals surface area contributed by atoms with E-state index in [9.17, 15) is 18.0 Å². The summed E-state index contributed by atoms with van der Waals surface area (Å²) in [5, 5.41) is 8.98. The average molecular weight is 446 g/mol. The molecule has 1 aliphatic carbocycles. The van der Waals surface area contributed by atoms with Crippen LogP contribution < -0.4 is 15.6 Å². The van der Waals surface area contributed by atoms with Crippen molar-refractivity contribution in [3.05, 3.63) is 63.5 Å². The van der Waals surface area contributed by atoms with E-state index in [1.807, 2.05) is 0 Å². The summed E-state index contributed by atoms with van der Waals surface area (Å²) in [5.74, 6) is -0.418. The Hall–Kier alpha value is -3.05. The molecule has 0 spiro atoms. The molecule has 11 heteroatoms. The fourth-order valence-electron chi connectivity index (χ4n) is 3.22. The van der Waals surface area contributed by atoms with Crippen molar-refractivity contribution in [2.45, 2.75) is 37.1 Å². The molecule has 1 atom stereocenters. The van der Waals surface area contributed by atoms with E-state index < -0.39 is 22.0 Å². The summed E-state index contributed by atoms with van der Waals surface area (Å²) in [6.45, 7) is 1.60. The Labute approximate surface area is 176 Å². The van der Waals surface area contributed by atoms with E-state index in [2.05, 4.69) is 20.1 Å². The van der Waals surface area contributed by atoms with Gasteiger partial charge in [-0.05, 0) is 56.0 Å². The van der Waals surface area contributed by atoms with E-state index in [1.54, 1.807) is 18.4 Å². The number of hydrogen-bond donors (Lipinski definition) is 2. The van der Waals surface area contributed by atoms with Gasteiger partial charge in [-0.25, -0.2) is 18.1 Å². The molecule has 4 rings (SSSR count). The predicted molar refractivity (Wildman–Crippen MR) is 113 cm³/mol. The van der Waals surface area contributed by atoms with Gasteiger partial charge in [-0.15, -0.1) is 11.3 Å². The lowest BCUT2D eigenvalue weighted by atomic mass is 10.2. The minimum absolute atomic E-state index is 0.0419. The number of hydrogen-bond acceptors (Lipinski definition) is 7. The van der Waals surface area contributed by atoms with Crippen LogP contribution in [0.4, 0.5) is 10.8 Å². The summed E-state index contributed by atoms with van der Waals surface area (Å²) < 4.78 is 28.3. The number of aromatic nitrogens is 3. The fourth-order valence-corrected chi connectivity index (χ4v) is 5.00. The Morgan fingerprint density at radius 3 is 2.70 bits per heavy atom. The second-order valence-corrected chi connectivity index (χ2v) is 9.46. The summed E-state index contributed by atoms with van der Waals surface area (Å²) in [6.07, 6.45) is 4.10. The minimum atomic E-state index is -3.77. The number of aryl methyl sites for hydroxylation is 2. The maximum absolute atomic E-state index is 12.6. The van der Waals surface area contributed by atoms with Gasteiger partial charge in [-0.1, -0.05) is 0 Å². The maximum atomic E-state index is 12.6. The van der Waals surface area contributed by atoms with Gasteiger partial charge >= 0.3 is 0 Å². The van der Waals surface area contributed by atoms with E-state index in [0.29, 0.717) is 5.69 Å². The van der Waals surface area contributed by atoms with E-state index in [1.165, 1.54) is 46.5 Å².